The Hall–Kier alpha value is -0.860. The van der Waals surface area contributed by atoms with Crippen LogP contribution in [0.1, 0.15) is 31.9 Å². The van der Waals surface area contributed by atoms with Gasteiger partial charge in [0.1, 0.15) is 0 Å². The van der Waals surface area contributed by atoms with Gasteiger partial charge in [-0.15, -0.1) is 0 Å². The summed E-state index contributed by atoms with van der Waals surface area (Å²) < 4.78 is 0. The Labute approximate surface area is 106 Å². The monoisotopic (exact) mass is 234 g/mol. The molecule has 0 saturated heterocycles. The van der Waals surface area contributed by atoms with Crippen LogP contribution >= 0.6 is 0 Å². The lowest BCUT2D eigenvalue weighted by Gasteiger charge is -2.20. The predicted octanol–water partition coefficient (Wildman–Crippen LogP) is 2.68. The SMILES string of the molecule is CCc1ccc(CNCCN(C)C(C)C)cc1. The van der Waals surface area contributed by atoms with Gasteiger partial charge in [-0.25, -0.2) is 0 Å². The van der Waals surface area contributed by atoms with E-state index in [1.165, 1.54) is 11.1 Å². The average Bonchev–Trinajstić information content (AvgIpc) is 2.35. The maximum atomic E-state index is 3.48. The van der Waals surface area contributed by atoms with Crippen molar-refractivity contribution in [2.24, 2.45) is 0 Å². The summed E-state index contributed by atoms with van der Waals surface area (Å²) in [5.41, 5.74) is 2.78. The molecule has 0 fully saturated rings. The Kier molecular flexibility index (Phi) is 6.23. The molecule has 96 valence electrons. The lowest BCUT2D eigenvalue weighted by molar-refractivity contribution is 0.273. The van der Waals surface area contributed by atoms with Crippen molar-refractivity contribution in [3.05, 3.63) is 35.4 Å². The third kappa shape index (κ3) is 5.33. The van der Waals surface area contributed by atoms with Gasteiger partial charge in [0.15, 0.2) is 0 Å². The average molecular weight is 234 g/mol. The number of aryl methyl sites for hydroxylation is 1. The number of nitrogens with zero attached hydrogens (tertiary/aromatic N) is 1. The Morgan fingerprint density at radius 2 is 1.71 bits per heavy atom. The second-order valence-electron chi connectivity index (χ2n) is 4.92. The zero-order valence-electron chi connectivity index (χ0n) is 11.7. The van der Waals surface area contributed by atoms with Crippen LogP contribution in [0.25, 0.3) is 0 Å². The van der Waals surface area contributed by atoms with Gasteiger partial charge in [-0.05, 0) is 38.4 Å². The van der Waals surface area contributed by atoms with Gasteiger partial charge in [-0.1, -0.05) is 31.2 Å². The highest BCUT2D eigenvalue weighted by Crippen LogP contribution is 2.04. The molecule has 0 amide bonds. The van der Waals surface area contributed by atoms with Gasteiger partial charge >= 0.3 is 0 Å². The first-order valence-electron chi connectivity index (χ1n) is 6.62. The third-order valence-corrected chi connectivity index (χ3v) is 3.28. The topological polar surface area (TPSA) is 15.3 Å². The first-order chi connectivity index (χ1) is 8.13. The van der Waals surface area contributed by atoms with Crippen molar-refractivity contribution in [2.45, 2.75) is 39.8 Å². The lowest BCUT2D eigenvalue weighted by Crippen LogP contribution is -2.33. The molecule has 2 heteroatoms. The Morgan fingerprint density at radius 3 is 2.24 bits per heavy atom. The summed E-state index contributed by atoms with van der Waals surface area (Å²) >= 11 is 0. The van der Waals surface area contributed by atoms with Crippen LogP contribution in [0.3, 0.4) is 0 Å². The van der Waals surface area contributed by atoms with E-state index in [0.717, 1.165) is 26.1 Å². The molecule has 0 aromatic heterocycles. The summed E-state index contributed by atoms with van der Waals surface area (Å²) in [4.78, 5) is 2.35. The number of hydrogen-bond donors (Lipinski definition) is 1. The summed E-state index contributed by atoms with van der Waals surface area (Å²) in [6.45, 7) is 9.76. The van der Waals surface area contributed by atoms with Gasteiger partial charge in [-0.2, -0.15) is 0 Å². The molecule has 0 aliphatic heterocycles. The predicted molar refractivity (Wildman–Crippen MR) is 75.3 cm³/mol. The van der Waals surface area contributed by atoms with Crippen LogP contribution in [0, 0.1) is 0 Å². The number of nitrogens with one attached hydrogen (secondary N) is 1. The number of likely N-dealkylation sites (N-methyl/N-ethyl adjacent to an activating group) is 1. The Morgan fingerprint density at radius 1 is 1.12 bits per heavy atom. The maximum absolute atomic E-state index is 3.48. The Bertz CT molecular complexity index is 303. The van der Waals surface area contributed by atoms with Gasteiger partial charge in [-0.3, -0.25) is 0 Å². The van der Waals surface area contributed by atoms with Crippen LogP contribution in [0.4, 0.5) is 0 Å². The molecular formula is C15H26N2. The summed E-state index contributed by atoms with van der Waals surface area (Å²) in [6, 6.07) is 9.51. The minimum Gasteiger partial charge on any atom is -0.311 e. The normalized spacial score (nSPS) is 11.4. The molecule has 1 aromatic rings. The zero-order chi connectivity index (χ0) is 12.7. The second kappa shape index (κ2) is 7.46. The molecule has 0 heterocycles. The van der Waals surface area contributed by atoms with Crippen LogP contribution in [-0.2, 0) is 13.0 Å². The van der Waals surface area contributed by atoms with E-state index in [1.54, 1.807) is 0 Å². The summed E-state index contributed by atoms with van der Waals surface area (Å²) in [5.74, 6) is 0. The second-order valence-corrected chi connectivity index (χ2v) is 4.92. The van der Waals surface area contributed by atoms with Crippen molar-refractivity contribution >= 4 is 0 Å². The fraction of sp³-hybridized carbons (Fsp3) is 0.600. The fourth-order valence-corrected chi connectivity index (χ4v) is 1.64. The van der Waals surface area contributed by atoms with Gasteiger partial charge in [0, 0.05) is 25.7 Å². The molecule has 1 N–H and O–H groups in total. The summed E-state index contributed by atoms with van der Waals surface area (Å²) in [5, 5.41) is 3.48. The van der Waals surface area contributed by atoms with Crippen LogP contribution < -0.4 is 5.32 Å². The van der Waals surface area contributed by atoms with E-state index >= 15 is 0 Å². The molecule has 2 nitrogen and oxygen atoms in total. The van der Waals surface area contributed by atoms with Crippen molar-refractivity contribution in [2.75, 3.05) is 20.1 Å². The standard InChI is InChI=1S/C15H26N2/c1-5-14-6-8-15(9-7-14)12-16-10-11-17(4)13(2)3/h6-9,13,16H,5,10-12H2,1-4H3. The highest BCUT2D eigenvalue weighted by Gasteiger charge is 2.01. The van der Waals surface area contributed by atoms with E-state index in [0.29, 0.717) is 6.04 Å². The minimum atomic E-state index is 0.626. The first kappa shape index (κ1) is 14.2. The van der Waals surface area contributed by atoms with Gasteiger partial charge in [0.05, 0.1) is 0 Å². The van der Waals surface area contributed by atoms with E-state index in [1.807, 2.05) is 0 Å². The molecule has 1 rings (SSSR count). The zero-order valence-corrected chi connectivity index (χ0v) is 11.7. The van der Waals surface area contributed by atoms with E-state index in [9.17, 15) is 0 Å². The molecule has 0 aliphatic rings. The number of hydrogen-bond acceptors (Lipinski definition) is 2. The van der Waals surface area contributed by atoms with Crippen LogP contribution in [-0.4, -0.2) is 31.1 Å². The molecule has 17 heavy (non-hydrogen) atoms. The smallest absolute Gasteiger partial charge is 0.0206 e. The summed E-state index contributed by atoms with van der Waals surface area (Å²) in [6.07, 6.45) is 1.12. The van der Waals surface area contributed by atoms with Crippen molar-refractivity contribution in [3.63, 3.8) is 0 Å². The van der Waals surface area contributed by atoms with Crippen molar-refractivity contribution in [3.8, 4) is 0 Å². The maximum Gasteiger partial charge on any atom is 0.0206 e. The van der Waals surface area contributed by atoms with E-state index in [2.05, 4.69) is 62.3 Å². The molecule has 0 spiro atoms. The highest BCUT2D eigenvalue weighted by atomic mass is 15.1. The third-order valence-electron chi connectivity index (χ3n) is 3.28. The largest absolute Gasteiger partial charge is 0.311 e. The van der Waals surface area contributed by atoms with E-state index in [-0.39, 0.29) is 0 Å². The van der Waals surface area contributed by atoms with Gasteiger partial charge in [0.25, 0.3) is 0 Å². The molecule has 1 aromatic carbocycles. The first-order valence-corrected chi connectivity index (χ1v) is 6.62. The lowest BCUT2D eigenvalue weighted by atomic mass is 10.1. The van der Waals surface area contributed by atoms with Crippen molar-refractivity contribution in [1.82, 2.24) is 10.2 Å². The van der Waals surface area contributed by atoms with E-state index < -0.39 is 0 Å². The fourth-order valence-electron chi connectivity index (χ4n) is 1.64. The molecular weight excluding hydrogens is 208 g/mol. The minimum absolute atomic E-state index is 0.626. The van der Waals surface area contributed by atoms with E-state index in [4.69, 9.17) is 0 Å². The Balaban J connectivity index is 2.22. The van der Waals surface area contributed by atoms with Crippen LogP contribution in [0.15, 0.2) is 24.3 Å². The summed E-state index contributed by atoms with van der Waals surface area (Å²) in [7, 11) is 2.17. The quantitative estimate of drug-likeness (QED) is 0.730. The molecule has 0 radical (unpaired) electrons. The van der Waals surface area contributed by atoms with Gasteiger partial charge in [0.2, 0.25) is 0 Å². The van der Waals surface area contributed by atoms with Gasteiger partial charge < -0.3 is 10.2 Å². The van der Waals surface area contributed by atoms with Crippen molar-refractivity contribution in [1.29, 1.82) is 0 Å². The molecule has 0 aliphatic carbocycles. The van der Waals surface area contributed by atoms with Crippen LogP contribution in [0.5, 0.6) is 0 Å². The highest BCUT2D eigenvalue weighted by molar-refractivity contribution is 5.22. The molecule has 0 atom stereocenters. The molecule has 0 unspecified atom stereocenters. The van der Waals surface area contributed by atoms with Crippen molar-refractivity contribution < 1.29 is 0 Å². The number of rotatable bonds is 7. The molecule has 0 bridgehead atoms. The van der Waals surface area contributed by atoms with Crippen LogP contribution in [0.2, 0.25) is 0 Å². The number of benzene rings is 1. The molecule has 0 saturated carbocycles.